The van der Waals surface area contributed by atoms with E-state index in [4.69, 9.17) is 21.1 Å². The van der Waals surface area contributed by atoms with Crippen LogP contribution < -0.4 is 0 Å². The molecule has 0 N–H and O–H groups in total. The highest BCUT2D eigenvalue weighted by atomic mass is 35.5. The van der Waals surface area contributed by atoms with Gasteiger partial charge in [-0.1, -0.05) is 24.9 Å². The van der Waals surface area contributed by atoms with Crippen LogP contribution in [0.2, 0.25) is 5.02 Å². The largest absolute Gasteiger partial charge is 0.458 e. The number of halogens is 1. The van der Waals surface area contributed by atoms with Gasteiger partial charge in [0.15, 0.2) is 6.10 Å². The first-order chi connectivity index (χ1) is 13.0. The van der Waals surface area contributed by atoms with Crippen molar-refractivity contribution >= 4 is 27.6 Å². The predicted octanol–water partition coefficient (Wildman–Crippen LogP) is 4.15. The fraction of sp³-hybridized carbons (Fsp3) is 0.650. The average Bonchev–Trinajstić information content (AvgIpc) is 2.62. The standard InChI is InChI=1S/C20H30ClNO5S/c1-5-18(19(23)27-20(2,3)4)26-14-15-13-16(9-10-17(15)21)28(24,25)22-11-7-6-8-12-22/h9-10,13,18H,5-8,11-12,14H2,1-4H3. The highest BCUT2D eigenvalue weighted by molar-refractivity contribution is 7.89. The lowest BCUT2D eigenvalue weighted by molar-refractivity contribution is -0.169. The Balaban J connectivity index is 2.13. The number of hydrogen-bond acceptors (Lipinski definition) is 5. The Bertz CT molecular complexity index is 782. The van der Waals surface area contributed by atoms with Gasteiger partial charge in [-0.25, -0.2) is 13.2 Å². The Morgan fingerprint density at radius 3 is 2.43 bits per heavy atom. The van der Waals surface area contributed by atoms with Gasteiger partial charge in [0, 0.05) is 18.1 Å². The second kappa shape index (κ2) is 9.57. The molecule has 1 aromatic rings. The summed E-state index contributed by atoms with van der Waals surface area (Å²) in [7, 11) is -3.56. The summed E-state index contributed by atoms with van der Waals surface area (Å²) < 4.78 is 38.3. The second-order valence-corrected chi connectivity index (χ2v) is 10.3. The molecule has 6 nitrogen and oxygen atoms in total. The normalized spacial score (nSPS) is 17.3. The molecule has 28 heavy (non-hydrogen) atoms. The number of sulfonamides is 1. The number of esters is 1. The number of carbonyl (C=O) groups is 1. The van der Waals surface area contributed by atoms with Crippen molar-refractivity contribution in [1.82, 2.24) is 4.31 Å². The van der Waals surface area contributed by atoms with Crippen molar-refractivity contribution < 1.29 is 22.7 Å². The molecule has 1 heterocycles. The zero-order valence-corrected chi connectivity index (χ0v) is 18.6. The molecule has 0 aromatic heterocycles. The zero-order valence-electron chi connectivity index (χ0n) is 17.0. The van der Waals surface area contributed by atoms with Crippen LogP contribution in [0.4, 0.5) is 0 Å². The monoisotopic (exact) mass is 431 g/mol. The number of hydrogen-bond donors (Lipinski definition) is 0. The van der Waals surface area contributed by atoms with E-state index in [1.165, 1.54) is 16.4 Å². The maximum atomic E-state index is 12.9. The topological polar surface area (TPSA) is 72.9 Å². The van der Waals surface area contributed by atoms with E-state index < -0.39 is 27.7 Å². The van der Waals surface area contributed by atoms with Crippen molar-refractivity contribution in [3.63, 3.8) is 0 Å². The highest BCUT2D eigenvalue weighted by Crippen LogP contribution is 2.26. The van der Waals surface area contributed by atoms with E-state index in [-0.39, 0.29) is 11.5 Å². The number of rotatable bonds is 7. The van der Waals surface area contributed by atoms with Gasteiger partial charge in [0.2, 0.25) is 10.0 Å². The van der Waals surface area contributed by atoms with Crippen LogP contribution in [0.5, 0.6) is 0 Å². The summed E-state index contributed by atoms with van der Waals surface area (Å²) in [5.41, 5.74) is -0.0738. The van der Waals surface area contributed by atoms with Gasteiger partial charge in [-0.3, -0.25) is 0 Å². The summed E-state index contributed by atoms with van der Waals surface area (Å²) in [4.78, 5) is 12.4. The van der Waals surface area contributed by atoms with Gasteiger partial charge >= 0.3 is 5.97 Å². The van der Waals surface area contributed by atoms with Gasteiger partial charge in [0.1, 0.15) is 5.60 Å². The van der Waals surface area contributed by atoms with E-state index in [1.807, 2.05) is 6.92 Å². The summed E-state index contributed by atoms with van der Waals surface area (Å²) in [6, 6.07) is 4.61. The molecule has 2 rings (SSSR count). The molecule has 0 amide bonds. The SMILES string of the molecule is CCC(OCc1cc(S(=O)(=O)N2CCCCC2)ccc1Cl)C(=O)OC(C)(C)C. The average molecular weight is 432 g/mol. The number of piperidine rings is 1. The first-order valence-electron chi connectivity index (χ1n) is 9.67. The molecule has 1 saturated heterocycles. The minimum atomic E-state index is -3.56. The van der Waals surface area contributed by atoms with Gasteiger partial charge in [-0.2, -0.15) is 4.31 Å². The summed E-state index contributed by atoms with van der Waals surface area (Å²) in [5, 5.41) is 0.400. The first kappa shape index (κ1) is 23.1. The van der Waals surface area contributed by atoms with Crippen molar-refractivity contribution in [2.24, 2.45) is 0 Å². The van der Waals surface area contributed by atoms with Crippen LogP contribution >= 0.6 is 11.6 Å². The van der Waals surface area contributed by atoms with Crippen LogP contribution in [-0.2, 0) is 30.9 Å². The molecular weight excluding hydrogens is 402 g/mol. The molecule has 1 atom stereocenters. The van der Waals surface area contributed by atoms with Crippen molar-refractivity contribution in [3.8, 4) is 0 Å². The maximum absolute atomic E-state index is 12.9. The molecule has 1 aromatic carbocycles. The van der Waals surface area contributed by atoms with Crippen molar-refractivity contribution in [3.05, 3.63) is 28.8 Å². The maximum Gasteiger partial charge on any atom is 0.335 e. The van der Waals surface area contributed by atoms with Crippen molar-refractivity contribution in [2.75, 3.05) is 13.1 Å². The van der Waals surface area contributed by atoms with E-state index in [0.717, 1.165) is 19.3 Å². The highest BCUT2D eigenvalue weighted by Gasteiger charge is 2.27. The van der Waals surface area contributed by atoms with E-state index >= 15 is 0 Å². The van der Waals surface area contributed by atoms with E-state index in [1.54, 1.807) is 26.8 Å². The molecule has 0 spiro atoms. The molecule has 1 aliphatic rings. The summed E-state index contributed by atoms with van der Waals surface area (Å²) in [6.07, 6.45) is 2.50. The zero-order chi connectivity index (χ0) is 20.9. The van der Waals surface area contributed by atoms with E-state index in [9.17, 15) is 13.2 Å². The van der Waals surface area contributed by atoms with Crippen LogP contribution in [0.15, 0.2) is 23.1 Å². The van der Waals surface area contributed by atoms with Gasteiger partial charge < -0.3 is 9.47 Å². The Kier molecular flexibility index (Phi) is 7.90. The quantitative estimate of drug-likeness (QED) is 0.606. The van der Waals surface area contributed by atoms with Gasteiger partial charge in [0.05, 0.1) is 11.5 Å². The van der Waals surface area contributed by atoms with Crippen LogP contribution in [0.25, 0.3) is 0 Å². The smallest absolute Gasteiger partial charge is 0.335 e. The predicted molar refractivity (Wildman–Crippen MR) is 109 cm³/mol. The lowest BCUT2D eigenvalue weighted by Gasteiger charge is -2.26. The summed E-state index contributed by atoms with van der Waals surface area (Å²) >= 11 is 6.24. The van der Waals surface area contributed by atoms with Gasteiger partial charge in [-0.15, -0.1) is 0 Å². The third-order valence-corrected chi connectivity index (χ3v) is 6.71. The molecule has 0 bridgehead atoms. The third kappa shape index (κ3) is 6.17. The molecule has 1 aliphatic heterocycles. The molecule has 1 unspecified atom stereocenters. The van der Waals surface area contributed by atoms with E-state index in [0.29, 0.717) is 30.1 Å². The first-order valence-corrected chi connectivity index (χ1v) is 11.5. The fourth-order valence-electron chi connectivity index (χ4n) is 2.99. The van der Waals surface area contributed by atoms with Gasteiger partial charge in [-0.05, 0) is 63.8 Å². The Morgan fingerprint density at radius 2 is 1.86 bits per heavy atom. The van der Waals surface area contributed by atoms with Gasteiger partial charge in [0.25, 0.3) is 0 Å². The van der Waals surface area contributed by atoms with Crippen LogP contribution in [0.1, 0.15) is 58.9 Å². The molecule has 0 radical (unpaired) electrons. The van der Waals surface area contributed by atoms with Crippen LogP contribution in [0, 0.1) is 0 Å². The Labute approximate surface area is 173 Å². The minimum absolute atomic E-state index is 0.0277. The van der Waals surface area contributed by atoms with E-state index in [2.05, 4.69) is 0 Å². The number of nitrogens with zero attached hydrogens (tertiary/aromatic N) is 1. The van der Waals surface area contributed by atoms with Crippen molar-refractivity contribution in [1.29, 1.82) is 0 Å². The fourth-order valence-corrected chi connectivity index (χ4v) is 4.73. The molecule has 1 fully saturated rings. The number of benzene rings is 1. The molecule has 8 heteroatoms. The lowest BCUT2D eigenvalue weighted by Crippen LogP contribution is -2.35. The molecule has 158 valence electrons. The third-order valence-electron chi connectivity index (χ3n) is 4.45. The summed E-state index contributed by atoms with van der Waals surface area (Å²) in [5.74, 6) is -0.441. The van der Waals surface area contributed by atoms with Crippen molar-refractivity contribution in [2.45, 2.75) is 76.6 Å². The minimum Gasteiger partial charge on any atom is -0.458 e. The number of carbonyl (C=O) groups excluding carboxylic acids is 1. The second-order valence-electron chi connectivity index (χ2n) is 7.96. The van der Waals surface area contributed by atoms with Crippen LogP contribution in [-0.4, -0.2) is 43.5 Å². The molecule has 0 saturated carbocycles. The molecule has 0 aliphatic carbocycles. The lowest BCUT2D eigenvalue weighted by atomic mass is 10.2. The molecular formula is C20H30ClNO5S. The Morgan fingerprint density at radius 1 is 1.21 bits per heavy atom. The van der Waals surface area contributed by atoms with Crippen LogP contribution in [0.3, 0.4) is 0 Å². The Hall–Kier alpha value is -1.15. The number of ether oxygens (including phenoxy) is 2. The summed E-state index contributed by atoms with van der Waals surface area (Å²) in [6.45, 7) is 8.31.